The number of carbonyl (C=O) groups is 2. The first-order chi connectivity index (χ1) is 12.9. The average molecular weight is 371 g/mol. The van der Waals surface area contributed by atoms with Crippen LogP contribution in [0.15, 0.2) is 35.4 Å². The molecule has 27 heavy (non-hydrogen) atoms. The zero-order valence-corrected chi connectivity index (χ0v) is 16.5. The third-order valence-corrected chi connectivity index (χ3v) is 5.53. The predicted molar refractivity (Wildman–Crippen MR) is 104 cm³/mol. The standard InChI is InChI=1S/C21H29N3O3/c1-13(2)17-11-10-14(3)12-18(17)27-21-20(26)22-19(23-24(21)15(4)25)16-8-6-5-7-9-16/h5-9,13-14,17-18,21H,10-12H2,1-4H3,(H,22,23,26)/t14-,17+,18-,21+/m1/s1. The summed E-state index contributed by atoms with van der Waals surface area (Å²) in [5, 5.41) is 8.36. The summed E-state index contributed by atoms with van der Waals surface area (Å²) in [4.78, 5) is 25.0. The van der Waals surface area contributed by atoms with Gasteiger partial charge in [0.2, 0.25) is 12.1 Å². The van der Waals surface area contributed by atoms with E-state index in [0.29, 0.717) is 23.6 Å². The van der Waals surface area contributed by atoms with Crippen molar-refractivity contribution < 1.29 is 14.3 Å². The molecular weight excluding hydrogens is 342 g/mol. The van der Waals surface area contributed by atoms with Gasteiger partial charge in [-0.1, -0.05) is 57.5 Å². The lowest BCUT2D eigenvalue weighted by Gasteiger charge is -2.40. The minimum absolute atomic E-state index is 0.0557. The van der Waals surface area contributed by atoms with Crippen molar-refractivity contribution in [2.45, 2.75) is 59.3 Å². The van der Waals surface area contributed by atoms with Crippen LogP contribution in [0.2, 0.25) is 0 Å². The molecule has 6 heteroatoms. The van der Waals surface area contributed by atoms with E-state index in [9.17, 15) is 9.59 Å². The fourth-order valence-corrected chi connectivity index (χ4v) is 3.99. The summed E-state index contributed by atoms with van der Waals surface area (Å²) >= 11 is 0. The quantitative estimate of drug-likeness (QED) is 0.884. The van der Waals surface area contributed by atoms with E-state index in [1.54, 1.807) is 0 Å². The molecule has 0 saturated heterocycles. The Morgan fingerprint density at radius 1 is 1.26 bits per heavy atom. The molecule has 6 nitrogen and oxygen atoms in total. The molecule has 0 aromatic heterocycles. The molecule has 1 fully saturated rings. The van der Waals surface area contributed by atoms with E-state index >= 15 is 0 Å². The number of hydrogen-bond donors (Lipinski definition) is 1. The summed E-state index contributed by atoms with van der Waals surface area (Å²) in [6.07, 6.45) is 2.07. The molecule has 1 aromatic rings. The maximum absolute atomic E-state index is 12.8. The highest BCUT2D eigenvalue weighted by Gasteiger charge is 2.40. The third kappa shape index (κ3) is 4.38. The second kappa shape index (κ2) is 8.21. The third-order valence-electron chi connectivity index (χ3n) is 5.53. The smallest absolute Gasteiger partial charge is 0.277 e. The summed E-state index contributed by atoms with van der Waals surface area (Å²) in [6.45, 7) is 7.99. The van der Waals surface area contributed by atoms with Crippen LogP contribution >= 0.6 is 0 Å². The number of benzene rings is 1. The monoisotopic (exact) mass is 371 g/mol. The van der Waals surface area contributed by atoms with Crippen LogP contribution in [0, 0.1) is 17.8 Å². The van der Waals surface area contributed by atoms with Crippen molar-refractivity contribution in [1.29, 1.82) is 0 Å². The number of rotatable bonds is 4. The lowest BCUT2D eigenvalue weighted by molar-refractivity contribution is -0.176. The Morgan fingerprint density at radius 2 is 1.96 bits per heavy atom. The number of nitrogens with one attached hydrogen (secondary N) is 1. The van der Waals surface area contributed by atoms with Gasteiger partial charge in [-0.3, -0.25) is 9.59 Å². The molecule has 2 aliphatic rings. The van der Waals surface area contributed by atoms with E-state index in [0.717, 1.165) is 18.4 Å². The number of nitrogens with zero attached hydrogens (tertiary/aromatic N) is 2. The molecule has 146 valence electrons. The molecule has 0 radical (unpaired) electrons. The van der Waals surface area contributed by atoms with Crippen molar-refractivity contribution in [2.24, 2.45) is 22.9 Å². The molecule has 4 atom stereocenters. The van der Waals surface area contributed by atoms with E-state index in [4.69, 9.17) is 4.74 Å². The van der Waals surface area contributed by atoms with Crippen molar-refractivity contribution in [3.05, 3.63) is 35.9 Å². The maximum Gasteiger partial charge on any atom is 0.277 e. The molecular formula is C21H29N3O3. The molecule has 2 amide bonds. The summed E-state index contributed by atoms with van der Waals surface area (Å²) in [5.74, 6) is 1.09. The first kappa shape index (κ1) is 19.5. The van der Waals surface area contributed by atoms with Crippen LogP contribution in [0.1, 0.15) is 52.5 Å². The molecule has 1 N–H and O–H groups in total. The Kier molecular flexibility index (Phi) is 5.95. The molecule has 1 aliphatic carbocycles. The largest absolute Gasteiger partial charge is 0.344 e. The summed E-state index contributed by atoms with van der Waals surface area (Å²) in [5.41, 5.74) is 0.752. The zero-order valence-electron chi connectivity index (χ0n) is 16.5. The van der Waals surface area contributed by atoms with Gasteiger partial charge in [0, 0.05) is 12.5 Å². The van der Waals surface area contributed by atoms with Crippen LogP contribution in [-0.4, -0.2) is 35.0 Å². The molecule has 0 unspecified atom stereocenters. The number of carbonyl (C=O) groups excluding carboxylic acids is 2. The summed E-state index contributed by atoms with van der Waals surface area (Å²) in [6, 6.07) is 9.30. The van der Waals surface area contributed by atoms with E-state index in [2.05, 4.69) is 31.2 Å². The molecule has 1 heterocycles. The van der Waals surface area contributed by atoms with Gasteiger partial charge in [0.25, 0.3) is 5.91 Å². The van der Waals surface area contributed by atoms with Gasteiger partial charge in [-0.2, -0.15) is 5.01 Å². The Morgan fingerprint density at radius 3 is 2.59 bits per heavy atom. The molecule has 1 aromatic carbocycles. The lowest BCUT2D eigenvalue weighted by atomic mass is 9.75. The highest BCUT2D eigenvalue weighted by molar-refractivity contribution is 6.11. The van der Waals surface area contributed by atoms with Crippen LogP contribution in [0.3, 0.4) is 0 Å². The fourth-order valence-electron chi connectivity index (χ4n) is 3.99. The minimum Gasteiger partial charge on any atom is -0.344 e. The van der Waals surface area contributed by atoms with Gasteiger partial charge in [-0.05, 0) is 30.6 Å². The van der Waals surface area contributed by atoms with Crippen molar-refractivity contribution in [3.8, 4) is 0 Å². The summed E-state index contributed by atoms with van der Waals surface area (Å²) < 4.78 is 6.23. The SMILES string of the molecule is CC(=O)N1N=C(c2ccccc2)NC(=O)[C@@H]1O[C@@H]1C[C@H](C)CC[C@H]1C(C)C. The lowest BCUT2D eigenvalue weighted by Crippen LogP contribution is -2.57. The van der Waals surface area contributed by atoms with Crippen LogP contribution in [0.5, 0.6) is 0 Å². The second-order valence-electron chi connectivity index (χ2n) is 8.02. The Labute approximate surface area is 161 Å². The highest BCUT2D eigenvalue weighted by atomic mass is 16.5. The van der Waals surface area contributed by atoms with Crippen molar-refractivity contribution >= 4 is 17.6 Å². The van der Waals surface area contributed by atoms with Gasteiger partial charge in [0.05, 0.1) is 6.10 Å². The first-order valence-corrected chi connectivity index (χ1v) is 9.77. The van der Waals surface area contributed by atoms with E-state index < -0.39 is 6.23 Å². The second-order valence-corrected chi connectivity index (χ2v) is 8.02. The zero-order chi connectivity index (χ0) is 19.6. The van der Waals surface area contributed by atoms with Crippen molar-refractivity contribution in [2.75, 3.05) is 0 Å². The Hall–Kier alpha value is -2.21. The van der Waals surface area contributed by atoms with Crippen molar-refractivity contribution in [3.63, 3.8) is 0 Å². The van der Waals surface area contributed by atoms with Gasteiger partial charge in [-0.15, -0.1) is 5.10 Å². The number of ether oxygens (including phenoxy) is 1. The van der Waals surface area contributed by atoms with Crippen molar-refractivity contribution in [1.82, 2.24) is 10.3 Å². The number of amides is 2. The molecule has 0 spiro atoms. The number of amidine groups is 1. The van der Waals surface area contributed by atoms with Gasteiger partial charge >= 0.3 is 0 Å². The van der Waals surface area contributed by atoms with Crippen LogP contribution in [-0.2, 0) is 14.3 Å². The maximum atomic E-state index is 12.8. The Balaban J connectivity index is 1.85. The van der Waals surface area contributed by atoms with Gasteiger partial charge in [-0.25, -0.2) is 0 Å². The Bertz CT molecular complexity index is 717. The summed E-state index contributed by atoms with van der Waals surface area (Å²) in [7, 11) is 0. The minimum atomic E-state index is -1.02. The van der Waals surface area contributed by atoms with Crippen LogP contribution in [0.4, 0.5) is 0 Å². The van der Waals surface area contributed by atoms with E-state index in [1.807, 2.05) is 30.3 Å². The van der Waals surface area contributed by atoms with Gasteiger partial charge in [0.1, 0.15) is 0 Å². The molecule has 3 rings (SSSR count). The molecule has 1 saturated carbocycles. The molecule has 1 aliphatic heterocycles. The van der Waals surface area contributed by atoms with Crippen LogP contribution in [0.25, 0.3) is 0 Å². The average Bonchev–Trinajstić information content (AvgIpc) is 2.63. The number of hydrogen-bond acceptors (Lipinski definition) is 4. The fraction of sp³-hybridized carbons (Fsp3) is 0.571. The normalized spacial score (nSPS) is 28.7. The highest BCUT2D eigenvalue weighted by Crippen LogP contribution is 2.36. The first-order valence-electron chi connectivity index (χ1n) is 9.77. The predicted octanol–water partition coefficient (Wildman–Crippen LogP) is 3.13. The van der Waals surface area contributed by atoms with Gasteiger partial charge in [0.15, 0.2) is 5.84 Å². The van der Waals surface area contributed by atoms with Gasteiger partial charge < -0.3 is 10.1 Å². The molecule has 0 bridgehead atoms. The van der Waals surface area contributed by atoms with E-state index in [-0.39, 0.29) is 17.9 Å². The topological polar surface area (TPSA) is 71.0 Å². The van der Waals surface area contributed by atoms with E-state index in [1.165, 1.54) is 18.4 Å². The van der Waals surface area contributed by atoms with Crippen LogP contribution < -0.4 is 5.32 Å². The number of hydrazone groups is 1.